The van der Waals surface area contributed by atoms with E-state index in [2.05, 4.69) is 37.9 Å². The molecule has 2 heterocycles. The Hall–Kier alpha value is -0.160. The molecule has 2 aliphatic rings. The van der Waals surface area contributed by atoms with E-state index in [4.69, 9.17) is 9.47 Å². The van der Waals surface area contributed by atoms with Crippen molar-refractivity contribution < 1.29 is 9.47 Å². The average Bonchev–Trinajstić information content (AvgIpc) is 2.76. The van der Waals surface area contributed by atoms with E-state index in [1.54, 1.807) is 0 Å². The van der Waals surface area contributed by atoms with Crippen LogP contribution in [0.3, 0.4) is 0 Å². The molecule has 2 aliphatic heterocycles. The maximum absolute atomic E-state index is 5.81. The van der Waals surface area contributed by atoms with E-state index in [-0.39, 0.29) is 11.1 Å². The lowest BCUT2D eigenvalue weighted by Gasteiger charge is -2.48. The van der Waals surface area contributed by atoms with E-state index in [1.165, 1.54) is 0 Å². The molecular formula is C15H30N2O2. The molecule has 0 spiro atoms. The van der Waals surface area contributed by atoms with Crippen LogP contribution >= 0.6 is 0 Å². The van der Waals surface area contributed by atoms with Crippen LogP contribution in [-0.4, -0.2) is 62.0 Å². The first-order valence-corrected chi connectivity index (χ1v) is 7.49. The number of rotatable bonds is 4. The van der Waals surface area contributed by atoms with Crippen LogP contribution in [0.25, 0.3) is 0 Å². The minimum absolute atomic E-state index is 0.0967. The van der Waals surface area contributed by atoms with Gasteiger partial charge >= 0.3 is 0 Å². The van der Waals surface area contributed by atoms with Crippen molar-refractivity contribution in [3.63, 3.8) is 0 Å². The smallest absolute Gasteiger partial charge is 0.106 e. The van der Waals surface area contributed by atoms with Gasteiger partial charge in [-0.25, -0.2) is 0 Å². The fraction of sp³-hybridized carbons (Fsp3) is 1.00. The van der Waals surface area contributed by atoms with Crippen LogP contribution in [0.4, 0.5) is 0 Å². The third-order valence-electron chi connectivity index (χ3n) is 4.62. The highest BCUT2D eigenvalue weighted by Crippen LogP contribution is 2.28. The lowest BCUT2D eigenvalue weighted by Crippen LogP contribution is -2.65. The molecule has 0 radical (unpaired) electrons. The molecule has 0 bridgehead atoms. The van der Waals surface area contributed by atoms with Crippen molar-refractivity contribution in [3.8, 4) is 0 Å². The average molecular weight is 270 g/mol. The first-order chi connectivity index (χ1) is 8.87. The van der Waals surface area contributed by atoms with Gasteiger partial charge in [0.1, 0.15) is 5.60 Å². The summed E-state index contributed by atoms with van der Waals surface area (Å²) in [5.41, 5.74) is 0.0837. The molecule has 112 valence electrons. The Balaban J connectivity index is 2.09. The number of nitrogens with one attached hydrogen (secondary N) is 1. The molecule has 0 aromatic carbocycles. The van der Waals surface area contributed by atoms with Gasteiger partial charge in [-0.1, -0.05) is 13.8 Å². The predicted octanol–water partition coefficient (Wildman–Crippen LogP) is 1.50. The van der Waals surface area contributed by atoms with Crippen molar-refractivity contribution >= 4 is 0 Å². The van der Waals surface area contributed by atoms with Crippen LogP contribution in [0.1, 0.15) is 34.1 Å². The highest BCUT2D eigenvalue weighted by atomic mass is 16.5. The standard InChI is InChI=1S/C15H30N2O2/c1-12(2)13-8-16-14(3,4)9-17(13)10-15(18-5)6-7-19-11-15/h12-13,16H,6-11H2,1-5H3. The minimum Gasteiger partial charge on any atom is -0.378 e. The molecule has 0 aromatic heterocycles. The summed E-state index contributed by atoms with van der Waals surface area (Å²) in [6, 6.07) is 0.584. The van der Waals surface area contributed by atoms with Crippen LogP contribution in [0.15, 0.2) is 0 Å². The van der Waals surface area contributed by atoms with Gasteiger partial charge in [-0.15, -0.1) is 0 Å². The van der Waals surface area contributed by atoms with Gasteiger partial charge in [0.25, 0.3) is 0 Å². The Bertz CT molecular complexity index is 299. The van der Waals surface area contributed by atoms with Gasteiger partial charge in [0.2, 0.25) is 0 Å². The highest BCUT2D eigenvalue weighted by Gasteiger charge is 2.42. The van der Waals surface area contributed by atoms with Crippen LogP contribution in [0, 0.1) is 5.92 Å². The van der Waals surface area contributed by atoms with Crippen molar-refractivity contribution in [1.82, 2.24) is 10.2 Å². The van der Waals surface area contributed by atoms with E-state index in [0.717, 1.165) is 39.3 Å². The molecule has 0 amide bonds. The van der Waals surface area contributed by atoms with Gasteiger partial charge in [-0.2, -0.15) is 0 Å². The highest BCUT2D eigenvalue weighted by molar-refractivity contribution is 4.98. The topological polar surface area (TPSA) is 33.7 Å². The zero-order chi connectivity index (χ0) is 14.1. The van der Waals surface area contributed by atoms with Crippen LogP contribution in [-0.2, 0) is 9.47 Å². The Morgan fingerprint density at radius 3 is 2.68 bits per heavy atom. The molecule has 2 unspecified atom stereocenters. The fourth-order valence-corrected chi connectivity index (χ4v) is 3.33. The van der Waals surface area contributed by atoms with Crippen molar-refractivity contribution in [2.24, 2.45) is 5.92 Å². The predicted molar refractivity (Wildman–Crippen MR) is 77.5 cm³/mol. The molecule has 0 aliphatic carbocycles. The Morgan fingerprint density at radius 2 is 2.16 bits per heavy atom. The number of hydrogen-bond donors (Lipinski definition) is 1. The maximum Gasteiger partial charge on any atom is 0.106 e. The van der Waals surface area contributed by atoms with Crippen LogP contribution in [0.2, 0.25) is 0 Å². The van der Waals surface area contributed by atoms with Crippen molar-refractivity contribution in [2.45, 2.75) is 51.3 Å². The number of methoxy groups -OCH3 is 1. The first kappa shape index (κ1) is 15.2. The van der Waals surface area contributed by atoms with Crippen molar-refractivity contribution in [1.29, 1.82) is 0 Å². The van der Waals surface area contributed by atoms with E-state index < -0.39 is 0 Å². The molecule has 2 rings (SSSR count). The molecule has 2 saturated heterocycles. The normalized spacial score (nSPS) is 36.0. The summed E-state index contributed by atoms with van der Waals surface area (Å²) < 4.78 is 11.4. The quantitative estimate of drug-likeness (QED) is 0.839. The number of piperazine rings is 1. The summed E-state index contributed by atoms with van der Waals surface area (Å²) in [4.78, 5) is 2.61. The number of nitrogens with zero attached hydrogens (tertiary/aromatic N) is 1. The summed E-state index contributed by atoms with van der Waals surface area (Å²) in [6.07, 6.45) is 1.01. The van der Waals surface area contributed by atoms with Gasteiger partial charge in [-0.05, 0) is 19.8 Å². The van der Waals surface area contributed by atoms with Crippen LogP contribution in [0.5, 0.6) is 0 Å². The molecule has 4 heteroatoms. The van der Waals surface area contributed by atoms with Gasteiger partial charge in [-0.3, -0.25) is 4.90 Å². The van der Waals surface area contributed by atoms with E-state index in [9.17, 15) is 0 Å². The SMILES string of the molecule is COC1(CN2CC(C)(C)NCC2C(C)C)CCOC1. The molecule has 0 saturated carbocycles. The molecule has 4 nitrogen and oxygen atoms in total. The second-order valence-corrected chi connectivity index (χ2v) is 7.17. The maximum atomic E-state index is 5.81. The summed E-state index contributed by atoms with van der Waals surface area (Å²) in [5.74, 6) is 0.653. The van der Waals surface area contributed by atoms with E-state index in [1.807, 2.05) is 7.11 Å². The lowest BCUT2D eigenvalue weighted by molar-refractivity contribution is -0.0646. The summed E-state index contributed by atoms with van der Waals surface area (Å²) in [6.45, 7) is 13.9. The zero-order valence-corrected chi connectivity index (χ0v) is 13.2. The van der Waals surface area contributed by atoms with Gasteiger partial charge in [0, 0.05) is 51.4 Å². The fourth-order valence-electron chi connectivity index (χ4n) is 3.33. The molecular weight excluding hydrogens is 240 g/mol. The molecule has 2 fully saturated rings. The van der Waals surface area contributed by atoms with Crippen LogP contribution < -0.4 is 5.32 Å². The third-order valence-corrected chi connectivity index (χ3v) is 4.62. The largest absolute Gasteiger partial charge is 0.378 e. The van der Waals surface area contributed by atoms with Gasteiger partial charge in [0.05, 0.1) is 6.61 Å². The van der Waals surface area contributed by atoms with E-state index in [0.29, 0.717) is 12.0 Å². The van der Waals surface area contributed by atoms with Crippen molar-refractivity contribution in [3.05, 3.63) is 0 Å². The van der Waals surface area contributed by atoms with Crippen molar-refractivity contribution in [2.75, 3.05) is 40.0 Å². The number of ether oxygens (including phenoxy) is 2. The van der Waals surface area contributed by atoms with E-state index >= 15 is 0 Å². The third kappa shape index (κ3) is 3.48. The Morgan fingerprint density at radius 1 is 1.42 bits per heavy atom. The summed E-state index contributed by atoms with van der Waals surface area (Å²) >= 11 is 0. The lowest BCUT2D eigenvalue weighted by atomic mass is 9.90. The second-order valence-electron chi connectivity index (χ2n) is 7.17. The van der Waals surface area contributed by atoms with Gasteiger partial charge < -0.3 is 14.8 Å². The Labute approximate surface area is 117 Å². The Kier molecular flexibility index (Phi) is 4.56. The number of hydrogen-bond acceptors (Lipinski definition) is 4. The second kappa shape index (κ2) is 5.68. The summed E-state index contributed by atoms with van der Waals surface area (Å²) in [7, 11) is 1.83. The zero-order valence-electron chi connectivity index (χ0n) is 13.2. The molecule has 19 heavy (non-hydrogen) atoms. The molecule has 2 atom stereocenters. The molecule has 1 N–H and O–H groups in total. The minimum atomic E-state index is -0.0967. The summed E-state index contributed by atoms with van der Waals surface area (Å²) in [5, 5.41) is 3.66. The molecule has 0 aromatic rings. The monoisotopic (exact) mass is 270 g/mol. The van der Waals surface area contributed by atoms with Gasteiger partial charge in [0.15, 0.2) is 0 Å². The first-order valence-electron chi connectivity index (χ1n) is 7.49.